The number of hydrogen-bond acceptors (Lipinski definition) is 4. The highest BCUT2D eigenvalue weighted by Crippen LogP contribution is 2.20. The molecule has 21 heavy (non-hydrogen) atoms. The lowest BCUT2D eigenvalue weighted by Gasteiger charge is -2.31. The summed E-state index contributed by atoms with van der Waals surface area (Å²) in [6, 6.07) is 4.63. The van der Waals surface area contributed by atoms with Crippen LogP contribution in [0, 0.1) is 6.92 Å². The first-order valence-electron chi connectivity index (χ1n) is 6.58. The van der Waals surface area contributed by atoms with E-state index in [0.717, 1.165) is 11.3 Å². The van der Waals surface area contributed by atoms with Crippen LogP contribution in [0.3, 0.4) is 0 Å². The van der Waals surface area contributed by atoms with E-state index in [4.69, 9.17) is 11.6 Å². The average Bonchev–Trinajstić information content (AvgIpc) is 2.42. The first-order chi connectivity index (χ1) is 9.97. The Balaban J connectivity index is 1.98. The molecule has 1 unspecified atom stereocenters. The highest BCUT2D eigenvalue weighted by atomic mass is 35.5. The second-order valence-electron chi connectivity index (χ2n) is 4.91. The highest BCUT2D eigenvalue weighted by Gasteiger charge is 2.30. The third kappa shape index (κ3) is 4.36. The number of nitrogens with one attached hydrogen (secondary N) is 1. The SMILES string of the molecule is Cc1cc(Cl)ccc1NC(=O)CN1CCSCC1C(=O)O. The van der Waals surface area contributed by atoms with Crippen molar-refractivity contribution in [3.8, 4) is 0 Å². The van der Waals surface area contributed by atoms with Crippen molar-refractivity contribution >= 4 is 40.9 Å². The van der Waals surface area contributed by atoms with Gasteiger partial charge in [-0.1, -0.05) is 11.6 Å². The number of nitrogens with zero attached hydrogens (tertiary/aromatic N) is 1. The molecule has 5 nitrogen and oxygen atoms in total. The Morgan fingerprint density at radius 3 is 2.95 bits per heavy atom. The number of thioether (sulfide) groups is 1. The Hall–Kier alpha value is -1.24. The van der Waals surface area contributed by atoms with Gasteiger partial charge in [-0.05, 0) is 30.7 Å². The van der Waals surface area contributed by atoms with Crippen molar-refractivity contribution in [1.29, 1.82) is 0 Å². The fraction of sp³-hybridized carbons (Fsp3) is 0.429. The molecule has 1 aromatic rings. The van der Waals surface area contributed by atoms with Crippen molar-refractivity contribution < 1.29 is 14.7 Å². The molecule has 2 N–H and O–H groups in total. The van der Waals surface area contributed by atoms with Crippen LogP contribution in [-0.2, 0) is 9.59 Å². The first kappa shape index (κ1) is 16.1. The topological polar surface area (TPSA) is 69.6 Å². The van der Waals surface area contributed by atoms with Crippen molar-refractivity contribution in [1.82, 2.24) is 4.90 Å². The number of carbonyl (C=O) groups is 2. The molecule has 0 spiro atoms. The Bertz CT molecular complexity index is 553. The van der Waals surface area contributed by atoms with Gasteiger partial charge in [-0.25, -0.2) is 0 Å². The number of carbonyl (C=O) groups excluding carboxylic acids is 1. The minimum absolute atomic E-state index is 0.0829. The number of aryl methyl sites for hydroxylation is 1. The fourth-order valence-corrected chi connectivity index (χ4v) is 3.53. The van der Waals surface area contributed by atoms with E-state index in [2.05, 4.69) is 5.32 Å². The van der Waals surface area contributed by atoms with Crippen LogP contribution >= 0.6 is 23.4 Å². The first-order valence-corrected chi connectivity index (χ1v) is 8.11. The third-order valence-corrected chi connectivity index (χ3v) is 4.59. The van der Waals surface area contributed by atoms with Gasteiger partial charge in [-0.3, -0.25) is 14.5 Å². The highest BCUT2D eigenvalue weighted by molar-refractivity contribution is 7.99. The van der Waals surface area contributed by atoms with Gasteiger partial charge in [0.05, 0.1) is 6.54 Å². The van der Waals surface area contributed by atoms with Crippen LogP contribution in [0.4, 0.5) is 5.69 Å². The summed E-state index contributed by atoms with van der Waals surface area (Å²) in [4.78, 5) is 25.0. The van der Waals surface area contributed by atoms with Gasteiger partial charge < -0.3 is 10.4 Å². The third-order valence-electron chi connectivity index (χ3n) is 3.33. The van der Waals surface area contributed by atoms with Gasteiger partial charge in [-0.15, -0.1) is 0 Å². The zero-order chi connectivity index (χ0) is 15.4. The zero-order valence-electron chi connectivity index (χ0n) is 11.6. The van der Waals surface area contributed by atoms with Gasteiger partial charge in [0.1, 0.15) is 6.04 Å². The summed E-state index contributed by atoms with van der Waals surface area (Å²) in [5.41, 5.74) is 1.57. The Morgan fingerprint density at radius 2 is 2.29 bits per heavy atom. The number of aliphatic carboxylic acids is 1. The van der Waals surface area contributed by atoms with Crippen molar-refractivity contribution in [2.45, 2.75) is 13.0 Å². The number of amides is 1. The summed E-state index contributed by atoms with van der Waals surface area (Å²) in [6.45, 7) is 2.55. The van der Waals surface area contributed by atoms with Gasteiger partial charge in [0.2, 0.25) is 5.91 Å². The van der Waals surface area contributed by atoms with E-state index < -0.39 is 12.0 Å². The average molecular weight is 329 g/mol. The van der Waals surface area contributed by atoms with Crippen LogP contribution in [0.25, 0.3) is 0 Å². The van der Waals surface area contributed by atoms with E-state index in [9.17, 15) is 14.7 Å². The molecule has 0 radical (unpaired) electrons. The number of anilines is 1. The molecule has 1 aliphatic rings. The van der Waals surface area contributed by atoms with E-state index in [1.807, 2.05) is 6.92 Å². The molecule has 1 saturated heterocycles. The normalized spacial score (nSPS) is 19.2. The largest absolute Gasteiger partial charge is 0.480 e. The number of carboxylic acids is 1. The lowest BCUT2D eigenvalue weighted by Crippen LogP contribution is -2.50. The van der Waals surface area contributed by atoms with Gasteiger partial charge in [0.25, 0.3) is 0 Å². The lowest BCUT2D eigenvalue weighted by atomic mass is 10.2. The molecule has 2 rings (SSSR count). The maximum Gasteiger partial charge on any atom is 0.321 e. The molecular weight excluding hydrogens is 312 g/mol. The second-order valence-corrected chi connectivity index (χ2v) is 6.49. The van der Waals surface area contributed by atoms with E-state index in [1.54, 1.807) is 34.9 Å². The molecule has 1 heterocycles. The molecule has 0 saturated carbocycles. The Morgan fingerprint density at radius 1 is 1.52 bits per heavy atom. The number of carboxylic acid groups (broad SMARTS) is 1. The quantitative estimate of drug-likeness (QED) is 0.885. The monoisotopic (exact) mass is 328 g/mol. The summed E-state index contributed by atoms with van der Waals surface area (Å²) in [5.74, 6) is 0.274. The minimum atomic E-state index is -0.877. The van der Waals surface area contributed by atoms with Crippen LogP contribution in [0.2, 0.25) is 5.02 Å². The van der Waals surface area contributed by atoms with Crippen molar-refractivity contribution in [3.05, 3.63) is 28.8 Å². The molecule has 1 fully saturated rings. The van der Waals surface area contributed by atoms with Crippen molar-refractivity contribution in [2.24, 2.45) is 0 Å². The molecule has 1 amide bonds. The molecule has 1 aromatic carbocycles. The van der Waals surface area contributed by atoms with Crippen molar-refractivity contribution in [3.63, 3.8) is 0 Å². The molecular formula is C14H17ClN2O3S. The molecule has 114 valence electrons. The molecule has 7 heteroatoms. The summed E-state index contributed by atoms with van der Waals surface area (Å²) in [6.07, 6.45) is 0. The van der Waals surface area contributed by atoms with E-state index in [-0.39, 0.29) is 12.5 Å². The maximum atomic E-state index is 12.1. The van der Waals surface area contributed by atoms with Gasteiger partial charge in [0, 0.05) is 28.8 Å². The van der Waals surface area contributed by atoms with Crippen LogP contribution in [0.5, 0.6) is 0 Å². The number of benzene rings is 1. The van der Waals surface area contributed by atoms with Crippen molar-refractivity contribution in [2.75, 3.05) is 29.9 Å². The Kier molecular flexibility index (Phi) is 5.50. The lowest BCUT2D eigenvalue weighted by molar-refractivity contribution is -0.142. The van der Waals surface area contributed by atoms with Crippen LogP contribution < -0.4 is 5.32 Å². The van der Waals surface area contributed by atoms with E-state index in [0.29, 0.717) is 23.0 Å². The molecule has 1 atom stereocenters. The Labute approximate surface area is 132 Å². The van der Waals surface area contributed by atoms with Crippen LogP contribution in [0.1, 0.15) is 5.56 Å². The van der Waals surface area contributed by atoms with Gasteiger partial charge in [-0.2, -0.15) is 11.8 Å². The standard InChI is InChI=1S/C14H17ClN2O3S/c1-9-6-10(15)2-3-11(9)16-13(18)7-17-4-5-21-8-12(17)14(19)20/h2-3,6,12H,4-5,7-8H2,1H3,(H,16,18)(H,19,20). The van der Waals surface area contributed by atoms with Crippen LogP contribution in [0.15, 0.2) is 18.2 Å². The fourth-order valence-electron chi connectivity index (χ4n) is 2.20. The predicted molar refractivity (Wildman–Crippen MR) is 85.1 cm³/mol. The number of halogens is 1. The smallest absolute Gasteiger partial charge is 0.321 e. The molecule has 0 bridgehead atoms. The number of hydrogen-bond donors (Lipinski definition) is 2. The second kappa shape index (κ2) is 7.15. The zero-order valence-corrected chi connectivity index (χ0v) is 13.2. The van der Waals surface area contributed by atoms with Gasteiger partial charge in [0.15, 0.2) is 0 Å². The maximum absolute atomic E-state index is 12.1. The molecule has 0 aliphatic carbocycles. The number of rotatable bonds is 4. The molecule has 1 aliphatic heterocycles. The van der Waals surface area contributed by atoms with Gasteiger partial charge >= 0.3 is 5.97 Å². The summed E-state index contributed by atoms with van der Waals surface area (Å²) >= 11 is 7.48. The van der Waals surface area contributed by atoms with E-state index in [1.165, 1.54) is 0 Å². The minimum Gasteiger partial charge on any atom is -0.480 e. The predicted octanol–water partition coefficient (Wildman–Crippen LogP) is 2.09. The van der Waals surface area contributed by atoms with E-state index >= 15 is 0 Å². The molecule has 0 aromatic heterocycles. The summed E-state index contributed by atoms with van der Waals surface area (Å²) < 4.78 is 0. The summed E-state index contributed by atoms with van der Waals surface area (Å²) in [5, 5.41) is 12.6. The van der Waals surface area contributed by atoms with Crippen LogP contribution in [-0.4, -0.2) is 52.5 Å². The summed E-state index contributed by atoms with van der Waals surface area (Å²) in [7, 11) is 0.